The molecule has 3 rings (SSSR count). The third-order valence-electron chi connectivity index (χ3n) is 3.58. The van der Waals surface area contributed by atoms with E-state index in [-0.39, 0.29) is 11.7 Å². The Hall–Kier alpha value is -2.42. The first-order valence-electron chi connectivity index (χ1n) is 6.56. The molecule has 0 aliphatic heterocycles. The molecule has 100 valence electrons. The lowest BCUT2D eigenvalue weighted by Crippen LogP contribution is -2.03. The van der Waals surface area contributed by atoms with Crippen LogP contribution < -0.4 is 5.73 Å². The molecule has 2 aromatic carbocycles. The maximum Gasteiger partial charge on any atom is 0.127 e. The lowest BCUT2D eigenvalue weighted by atomic mass is 9.96. The second-order valence-corrected chi connectivity index (χ2v) is 4.90. The molecule has 1 unspecified atom stereocenters. The van der Waals surface area contributed by atoms with Crippen LogP contribution in [0.3, 0.4) is 0 Å². The van der Waals surface area contributed by atoms with E-state index in [2.05, 4.69) is 4.98 Å². The normalized spacial score (nSPS) is 12.5. The number of hydrogen-bond acceptors (Lipinski definition) is 2. The molecule has 0 saturated carbocycles. The number of hydrogen-bond donors (Lipinski definition) is 1. The van der Waals surface area contributed by atoms with E-state index in [9.17, 15) is 4.39 Å². The van der Waals surface area contributed by atoms with Gasteiger partial charge in [0.25, 0.3) is 0 Å². The summed E-state index contributed by atoms with van der Waals surface area (Å²) in [4.78, 5) is 4.61. The average molecular weight is 266 g/mol. The molecule has 0 bridgehead atoms. The summed E-state index contributed by atoms with van der Waals surface area (Å²) in [6.07, 6.45) is 0. The van der Waals surface area contributed by atoms with E-state index in [1.807, 2.05) is 43.3 Å². The molecule has 2 nitrogen and oxygen atoms in total. The van der Waals surface area contributed by atoms with Gasteiger partial charge in [-0.15, -0.1) is 0 Å². The molecule has 0 fully saturated rings. The van der Waals surface area contributed by atoms with Crippen LogP contribution in [-0.4, -0.2) is 4.98 Å². The van der Waals surface area contributed by atoms with Crippen LogP contribution in [0.15, 0.2) is 54.6 Å². The van der Waals surface area contributed by atoms with Crippen molar-refractivity contribution in [1.29, 1.82) is 0 Å². The zero-order valence-electron chi connectivity index (χ0n) is 11.2. The largest absolute Gasteiger partial charge is 0.398 e. The van der Waals surface area contributed by atoms with Crippen molar-refractivity contribution in [3.63, 3.8) is 0 Å². The Morgan fingerprint density at radius 3 is 2.55 bits per heavy atom. The van der Waals surface area contributed by atoms with Gasteiger partial charge >= 0.3 is 0 Å². The number of rotatable bonds is 2. The van der Waals surface area contributed by atoms with Crippen LogP contribution in [0.1, 0.15) is 24.1 Å². The summed E-state index contributed by atoms with van der Waals surface area (Å²) in [6.45, 7) is 1.94. The molecule has 0 saturated heterocycles. The summed E-state index contributed by atoms with van der Waals surface area (Å²) < 4.78 is 13.9. The first kappa shape index (κ1) is 12.6. The molecule has 2 N–H and O–H groups in total. The molecule has 0 aliphatic rings. The van der Waals surface area contributed by atoms with Gasteiger partial charge in [0.15, 0.2) is 0 Å². The fraction of sp³-hybridized carbons (Fsp3) is 0.118. The van der Waals surface area contributed by atoms with Gasteiger partial charge in [-0.2, -0.15) is 0 Å². The Kier molecular flexibility index (Phi) is 3.11. The number of para-hydroxylation sites is 1. The Balaban J connectivity index is 2.13. The topological polar surface area (TPSA) is 38.9 Å². The first-order chi connectivity index (χ1) is 9.66. The van der Waals surface area contributed by atoms with Gasteiger partial charge in [-0.1, -0.05) is 43.3 Å². The second kappa shape index (κ2) is 4.93. The van der Waals surface area contributed by atoms with Crippen LogP contribution in [0.2, 0.25) is 0 Å². The predicted molar refractivity (Wildman–Crippen MR) is 80.1 cm³/mol. The SMILES string of the molecule is CC(c1cc(N)c2ccccc2n1)c1ccccc1F. The number of nitrogens with two attached hydrogens (primary N) is 1. The zero-order chi connectivity index (χ0) is 14.1. The van der Waals surface area contributed by atoms with Crippen LogP contribution in [-0.2, 0) is 0 Å². The van der Waals surface area contributed by atoms with Crippen molar-refractivity contribution in [3.8, 4) is 0 Å². The highest BCUT2D eigenvalue weighted by Gasteiger charge is 2.15. The average Bonchev–Trinajstić information content (AvgIpc) is 2.47. The van der Waals surface area contributed by atoms with Gasteiger partial charge in [-0.05, 0) is 23.8 Å². The van der Waals surface area contributed by atoms with Crippen molar-refractivity contribution >= 4 is 16.6 Å². The number of pyridine rings is 1. The Bertz CT molecular complexity index is 768. The van der Waals surface area contributed by atoms with Crippen molar-refractivity contribution in [2.24, 2.45) is 0 Å². The van der Waals surface area contributed by atoms with Gasteiger partial charge in [-0.3, -0.25) is 4.98 Å². The third kappa shape index (κ3) is 2.11. The zero-order valence-corrected chi connectivity index (χ0v) is 11.2. The fourth-order valence-corrected chi connectivity index (χ4v) is 2.43. The van der Waals surface area contributed by atoms with Crippen molar-refractivity contribution in [1.82, 2.24) is 4.98 Å². The van der Waals surface area contributed by atoms with Gasteiger partial charge in [0.05, 0.1) is 11.2 Å². The van der Waals surface area contributed by atoms with Crippen molar-refractivity contribution < 1.29 is 4.39 Å². The quantitative estimate of drug-likeness (QED) is 0.758. The summed E-state index contributed by atoms with van der Waals surface area (Å²) >= 11 is 0. The Morgan fingerprint density at radius 1 is 1.05 bits per heavy atom. The predicted octanol–water partition coefficient (Wildman–Crippen LogP) is 4.11. The molecule has 0 amide bonds. The minimum Gasteiger partial charge on any atom is -0.398 e. The van der Waals surface area contributed by atoms with Crippen LogP contribution in [0, 0.1) is 5.82 Å². The minimum atomic E-state index is -0.214. The van der Waals surface area contributed by atoms with Gasteiger partial charge in [0.2, 0.25) is 0 Å². The molecule has 1 heterocycles. The molecular formula is C17H15FN2. The van der Waals surface area contributed by atoms with E-state index in [4.69, 9.17) is 5.73 Å². The monoisotopic (exact) mass is 266 g/mol. The summed E-state index contributed by atoms with van der Waals surface area (Å²) in [7, 11) is 0. The molecule has 20 heavy (non-hydrogen) atoms. The summed E-state index contributed by atoms with van der Waals surface area (Å²) in [5, 5.41) is 0.928. The van der Waals surface area contributed by atoms with Gasteiger partial charge in [0.1, 0.15) is 5.82 Å². The smallest absolute Gasteiger partial charge is 0.127 e. The minimum absolute atomic E-state index is 0.136. The maximum atomic E-state index is 13.9. The number of aromatic nitrogens is 1. The Labute approximate surface area is 117 Å². The van der Waals surface area contributed by atoms with E-state index in [0.29, 0.717) is 11.3 Å². The van der Waals surface area contributed by atoms with Crippen LogP contribution >= 0.6 is 0 Å². The highest BCUT2D eigenvalue weighted by Crippen LogP contribution is 2.29. The summed E-state index contributed by atoms with van der Waals surface area (Å²) in [5.74, 6) is -0.350. The van der Waals surface area contributed by atoms with Crippen molar-refractivity contribution in [2.45, 2.75) is 12.8 Å². The standard InChI is InChI=1S/C17H15FN2/c1-11(12-6-2-4-8-14(12)18)17-10-15(19)13-7-3-5-9-16(13)20-17/h2-11H,1H3,(H2,19,20). The van der Waals surface area contributed by atoms with E-state index < -0.39 is 0 Å². The highest BCUT2D eigenvalue weighted by atomic mass is 19.1. The fourth-order valence-electron chi connectivity index (χ4n) is 2.43. The molecule has 1 aromatic heterocycles. The lowest BCUT2D eigenvalue weighted by molar-refractivity contribution is 0.601. The van der Waals surface area contributed by atoms with E-state index >= 15 is 0 Å². The van der Waals surface area contributed by atoms with Gasteiger partial charge < -0.3 is 5.73 Å². The Morgan fingerprint density at radius 2 is 1.75 bits per heavy atom. The summed E-state index contributed by atoms with van der Waals surface area (Å²) in [5.41, 5.74) is 9.01. The number of halogens is 1. The van der Waals surface area contributed by atoms with E-state index in [0.717, 1.165) is 16.6 Å². The first-order valence-corrected chi connectivity index (χ1v) is 6.56. The number of benzene rings is 2. The van der Waals surface area contributed by atoms with Gasteiger partial charge in [-0.25, -0.2) is 4.39 Å². The second-order valence-electron chi connectivity index (χ2n) is 4.90. The van der Waals surface area contributed by atoms with E-state index in [1.54, 1.807) is 12.1 Å². The molecule has 0 spiro atoms. The maximum absolute atomic E-state index is 13.9. The number of nitrogens with zero attached hydrogens (tertiary/aromatic N) is 1. The molecule has 0 aliphatic carbocycles. The van der Waals surface area contributed by atoms with Crippen molar-refractivity contribution in [2.75, 3.05) is 5.73 Å². The van der Waals surface area contributed by atoms with Crippen LogP contribution in [0.5, 0.6) is 0 Å². The highest BCUT2D eigenvalue weighted by molar-refractivity contribution is 5.90. The molecule has 0 radical (unpaired) electrons. The van der Waals surface area contributed by atoms with Gasteiger partial charge in [0, 0.05) is 17.0 Å². The third-order valence-corrected chi connectivity index (χ3v) is 3.58. The molecule has 3 aromatic rings. The number of anilines is 1. The molecule has 3 heteroatoms. The summed E-state index contributed by atoms with van der Waals surface area (Å²) in [6, 6.07) is 16.3. The van der Waals surface area contributed by atoms with E-state index in [1.165, 1.54) is 6.07 Å². The van der Waals surface area contributed by atoms with Crippen LogP contribution in [0.25, 0.3) is 10.9 Å². The molecular weight excluding hydrogens is 251 g/mol. The number of nitrogen functional groups attached to an aromatic ring is 1. The molecule has 1 atom stereocenters. The number of fused-ring (bicyclic) bond motifs is 1. The van der Waals surface area contributed by atoms with Crippen LogP contribution in [0.4, 0.5) is 10.1 Å². The lowest BCUT2D eigenvalue weighted by Gasteiger charge is -2.14. The van der Waals surface area contributed by atoms with Crippen molar-refractivity contribution in [3.05, 3.63) is 71.7 Å².